The van der Waals surface area contributed by atoms with Crippen molar-refractivity contribution in [3.8, 4) is 0 Å². The maximum absolute atomic E-state index is 11.1. The number of hydrogen-bond donors (Lipinski definition) is 1. The fourth-order valence-electron chi connectivity index (χ4n) is 1.35. The van der Waals surface area contributed by atoms with Crippen molar-refractivity contribution in [1.82, 2.24) is 0 Å². The van der Waals surface area contributed by atoms with Gasteiger partial charge in [-0.15, -0.1) is 0 Å². The normalized spacial score (nSPS) is 28.5. The summed E-state index contributed by atoms with van der Waals surface area (Å²) in [5.74, 6) is 1.77. The first-order valence-electron chi connectivity index (χ1n) is 4.36. The van der Waals surface area contributed by atoms with Gasteiger partial charge in [0.2, 0.25) is 0 Å². The van der Waals surface area contributed by atoms with Crippen LogP contribution in [0.2, 0.25) is 0 Å². The molecule has 2 nitrogen and oxygen atoms in total. The van der Waals surface area contributed by atoms with Gasteiger partial charge in [0, 0.05) is 19.4 Å². The third kappa shape index (κ3) is 3.02. The Hall–Kier alpha value is -0.370. The SMILES string of the molecule is CC1CC1CC(=O)CCCO. The number of aliphatic hydroxyl groups excluding tert-OH is 1. The predicted octanol–water partition coefficient (Wildman–Crippen LogP) is 1.37. The second-order valence-electron chi connectivity index (χ2n) is 3.54. The first kappa shape index (κ1) is 8.72. The fourth-order valence-corrected chi connectivity index (χ4v) is 1.35. The summed E-state index contributed by atoms with van der Waals surface area (Å²) in [5.41, 5.74) is 0. The molecule has 0 aromatic rings. The summed E-state index contributed by atoms with van der Waals surface area (Å²) >= 11 is 0. The first-order chi connectivity index (χ1) is 5.24. The Labute approximate surface area is 67.6 Å². The average Bonchev–Trinajstić information content (AvgIpc) is 2.62. The van der Waals surface area contributed by atoms with Gasteiger partial charge in [0.15, 0.2) is 0 Å². The Bertz CT molecular complexity index is 142. The third-order valence-electron chi connectivity index (χ3n) is 2.38. The molecule has 1 aliphatic rings. The number of carbonyl (C=O) groups excluding carboxylic acids is 1. The van der Waals surface area contributed by atoms with Crippen LogP contribution >= 0.6 is 0 Å². The van der Waals surface area contributed by atoms with Crippen molar-refractivity contribution in [3.05, 3.63) is 0 Å². The summed E-state index contributed by atoms with van der Waals surface area (Å²) in [6.07, 6.45) is 3.19. The van der Waals surface area contributed by atoms with Gasteiger partial charge in [0.25, 0.3) is 0 Å². The van der Waals surface area contributed by atoms with E-state index in [-0.39, 0.29) is 6.61 Å². The highest BCUT2D eigenvalue weighted by atomic mass is 16.3. The fraction of sp³-hybridized carbons (Fsp3) is 0.889. The van der Waals surface area contributed by atoms with Crippen molar-refractivity contribution >= 4 is 5.78 Å². The van der Waals surface area contributed by atoms with E-state index in [1.807, 2.05) is 0 Å². The quantitative estimate of drug-likeness (QED) is 0.652. The highest BCUT2D eigenvalue weighted by Gasteiger charge is 2.33. The number of aliphatic hydroxyl groups is 1. The van der Waals surface area contributed by atoms with Crippen LogP contribution in [0, 0.1) is 11.8 Å². The van der Waals surface area contributed by atoms with E-state index in [4.69, 9.17) is 5.11 Å². The molecule has 1 fully saturated rings. The van der Waals surface area contributed by atoms with Gasteiger partial charge in [-0.05, 0) is 24.7 Å². The van der Waals surface area contributed by atoms with Crippen molar-refractivity contribution in [2.24, 2.45) is 11.8 Å². The molecule has 2 atom stereocenters. The van der Waals surface area contributed by atoms with Crippen LogP contribution in [0.1, 0.15) is 32.6 Å². The van der Waals surface area contributed by atoms with Crippen LogP contribution in [0.3, 0.4) is 0 Å². The molecule has 2 heteroatoms. The molecule has 1 aliphatic carbocycles. The van der Waals surface area contributed by atoms with E-state index < -0.39 is 0 Å². The molecule has 0 aromatic heterocycles. The molecule has 2 unspecified atom stereocenters. The van der Waals surface area contributed by atoms with E-state index in [2.05, 4.69) is 6.92 Å². The molecular formula is C9H16O2. The van der Waals surface area contributed by atoms with Crippen LogP contribution in [0.5, 0.6) is 0 Å². The van der Waals surface area contributed by atoms with Gasteiger partial charge in [-0.1, -0.05) is 6.92 Å². The van der Waals surface area contributed by atoms with E-state index in [1.165, 1.54) is 6.42 Å². The summed E-state index contributed by atoms with van der Waals surface area (Å²) < 4.78 is 0. The minimum atomic E-state index is 0.145. The van der Waals surface area contributed by atoms with E-state index in [1.54, 1.807) is 0 Å². The first-order valence-corrected chi connectivity index (χ1v) is 4.36. The van der Waals surface area contributed by atoms with Crippen molar-refractivity contribution in [2.45, 2.75) is 32.6 Å². The van der Waals surface area contributed by atoms with E-state index >= 15 is 0 Å². The molecule has 11 heavy (non-hydrogen) atoms. The van der Waals surface area contributed by atoms with E-state index in [0.29, 0.717) is 24.5 Å². The zero-order valence-corrected chi connectivity index (χ0v) is 7.05. The van der Waals surface area contributed by atoms with Crippen molar-refractivity contribution < 1.29 is 9.90 Å². The monoisotopic (exact) mass is 156 g/mol. The average molecular weight is 156 g/mol. The molecule has 0 aliphatic heterocycles. The minimum Gasteiger partial charge on any atom is -0.396 e. The van der Waals surface area contributed by atoms with Gasteiger partial charge in [0.05, 0.1) is 0 Å². The maximum atomic E-state index is 11.1. The Morgan fingerprint density at radius 1 is 1.64 bits per heavy atom. The molecule has 0 heterocycles. The Morgan fingerprint density at radius 2 is 2.27 bits per heavy atom. The summed E-state index contributed by atoms with van der Waals surface area (Å²) in [7, 11) is 0. The molecule has 1 N–H and O–H groups in total. The summed E-state index contributed by atoms with van der Waals surface area (Å²) in [4.78, 5) is 11.1. The van der Waals surface area contributed by atoms with Crippen molar-refractivity contribution in [1.29, 1.82) is 0 Å². The lowest BCUT2D eigenvalue weighted by Gasteiger charge is -1.96. The number of hydrogen-bond acceptors (Lipinski definition) is 2. The minimum absolute atomic E-state index is 0.145. The van der Waals surface area contributed by atoms with Crippen LogP contribution in [-0.4, -0.2) is 17.5 Å². The Kier molecular flexibility index (Phi) is 3.06. The molecule has 0 spiro atoms. The van der Waals surface area contributed by atoms with Crippen LogP contribution in [0.15, 0.2) is 0 Å². The van der Waals surface area contributed by atoms with Gasteiger partial charge in [-0.3, -0.25) is 4.79 Å². The van der Waals surface area contributed by atoms with Gasteiger partial charge >= 0.3 is 0 Å². The lowest BCUT2D eigenvalue weighted by Crippen LogP contribution is -2.00. The van der Waals surface area contributed by atoms with Crippen LogP contribution < -0.4 is 0 Å². The maximum Gasteiger partial charge on any atom is 0.133 e. The van der Waals surface area contributed by atoms with Crippen molar-refractivity contribution in [2.75, 3.05) is 6.61 Å². The molecule has 0 radical (unpaired) electrons. The van der Waals surface area contributed by atoms with Crippen LogP contribution in [0.4, 0.5) is 0 Å². The molecule has 1 saturated carbocycles. The molecule has 0 amide bonds. The number of ketones is 1. The molecule has 0 saturated heterocycles. The van der Waals surface area contributed by atoms with Crippen LogP contribution in [0.25, 0.3) is 0 Å². The molecule has 64 valence electrons. The van der Waals surface area contributed by atoms with Crippen LogP contribution in [-0.2, 0) is 4.79 Å². The highest BCUT2D eigenvalue weighted by Crippen LogP contribution is 2.40. The van der Waals surface area contributed by atoms with Gasteiger partial charge in [-0.25, -0.2) is 0 Å². The molecule has 0 bridgehead atoms. The van der Waals surface area contributed by atoms with Gasteiger partial charge in [-0.2, -0.15) is 0 Å². The number of carbonyl (C=O) groups is 1. The lowest BCUT2D eigenvalue weighted by atomic mass is 10.1. The summed E-state index contributed by atoms with van der Waals surface area (Å²) in [6.45, 7) is 2.33. The topological polar surface area (TPSA) is 37.3 Å². The largest absolute Gasteiger partial charge is 0.396 e. The predicted molar refractivity (Wildman–Crippen MR) is 43.2 cm³/mol. The summed E-state index contributed by atoms with van der Waals surface area (Å²) in [6, 6.07) is 0. The Morgan fingerprint density at radius 3 is 2.73 bits per heavy atom. The summed E-state index contributed by atoms with van der Waals surface area (Å²) in [5, 5.41) is 8.46. The Balaban J connectivity index is 2.02. The van der Waals surface area contributed by atoms with Crippen molar-refractivity contribution in [3.63, 3.8) is 0 Å². The lowest BCUT2D eigenvalue weighted by molar-refractivity contribution is -0.119. The second kappa shape index (κ2) is 3.86. The van der Waals surface area contributed by atoms with Gasteiger partial charge < -0.3 is 5.11 Å². The second-order valence-corrected chi connectivity index (χ2v) is 3.54. The molecule has 0 aromatic carbocycles. The van der Waals surface area contributed by atoms with Gasteiger partial charge in [0.1, 0.15) is 5.78 Å². The smallest absolute Gasteiger partial charge is 0.133 e. The zero-order valence-electron chi connectivity index (χ0n) is 7.05. The highest BCUT2D eigenvalue weighted by molar-refractivity contribution is 5.78. The zero-order chi connectivity index (χ0) is 8.27. The van der Waals surface area contributed by atoms with E-state index in [9.17, 15) is 4.79 Å². The number of rotatable bonds is 5. The molecule has 1 rings (SSSR count). The molecular weight excluding hydrogens is 140 g/mol. The number of Topliss-reactive ketones (excluding diaryl/α,β-unsaturated/α-hetero) is 1. The third-order valence-corrected chi connectivity index (χ3v) is 2.38. The standard InChI is InChI=1S/C9H16O2/c1-7-5-8(7)6-9(11)3-2-4-10/h7-8,10H,2-6H2,1H3. The van der Waals surface area contributed by atoms with E-state index in [0.717, 1.165) is 12.3 Å².